The lowest BCUT2D eigenvalue weighted by Gasteiger charge is -2.33. The third-order valence-corrected chi connectivity index (χ3v) is 10.1. The topological polar surface area (TPSA) is 77.3 Å². The molecule has 0 spiro atoms. The van der Waals surface area contributed by atoms with Gasteiger partial charge in [-0.15, -0.1) is 23.4 Å². The molecule has 2 fully saturated rings. The first-order valence-electron chi connectivity index (χ1n) is 8.69. The Bertz CT molecular complexity index is 939. The Balaban J connectivity index is 1.68. The van der Waals surface area contributed by atoms with Crippen molar-refractivity contribution in [3.8, 4) is 0 Å². The third kappa shape index (κ3) is 3.15. The zero-order chi connectivity index (χ0) is 19.2. The molecule has 8 heteroatoms. The van der Waals surface area contributed by atoms with Crippen molar-refractivity contribution in [1.29, 1.82) is 0 Å². The molecule has 27 heavy (non-hydrogen) atoms. The third-order valence-electron chi connectivity index (χ3n) is 5.58. The lowest BCUT2D eigenvalue weighted by molar-refractivity contribution is -0.528. The molecule has 2 bridgehead atoms. The molecule has 0 saturated heterocycles. The van der Waals surface area contributed by atoms with Gasteiger partial charge in [-0.2, -0.15) is 0 Å². The zero-order valence-corrected chi connectivity index (χ0v) is 16.6. The molecule has 2 aliphatic carbocycles. The minimum absolute atomic E-state index is 0.130. The Morgan fingerprint density at radius 3 is 2.19 bits per heavy atom. The van der Waals surface area contributed by atoms with Gasteiger partial charge in [0.15, 0.2) is 9.84 Å². The fourth-order valence-corrected chi connectivity index (χ4v) is 8.82. The molecule has 142 valence electrons. The van der Waals surface area contributed by atoms with Crippen molar-refractivity contribution in [3.05, 3.63) is 70.8 Å². The average molecular weight is 424 g/mol. The number of nitro groups is 1. The number of nitrogens with zero attached hydrogens (tertiary/aromatic N) is 1. The van der Waals surface area contributed by atoms with Crippen LogP contribution in [0, 0.1) is 22.0 Å². The molecule has 5 nitrogen and oxygen atoms in total. The van der Waals surface area contributed by atoms with E-state index in [1.165, 1.54) is 23.9 Å². The quantitative estimate of drug-likeness (QED) is 0.414. The van der Waals surface area contributed by atoms with Crippen molar-refractivity contribution in [2.24, 2.45) is 11.8 Å². The fraction of sp³-hybridized carbons (Fsp3) is 0.368. The normalized spacial score (nSPS) is 32.5. The van der Waals surface area contributed by atoms with E-state index in [-0.39, 0.29) is 16.1 Å². The monoisotopic (exact) mass is 423 g/mol. The maximum Gasteiger partial charge on any atom is 0.234 e. The molecular formula is C19H18ClNO4S2. The van der Waals surface area contributed by atoms with Gasteiger partial charge in [-0.1, -0.05) is 36.4 Å². The smallest absolute Gasteiger partial charge is 0.234 e. The Morgan fingerprint density at radius 1 is 1.00 bits per heavy atom. The van der Waals surface area contributed by atoms with Crippen molar-refractivity contribution in [1.82, 2.24) is 0 Å². The largest absolute Gasteiger partial charge is 0.264 e. The molecule has 0 aromatic heterocycles. The highest BCUT2D eigenvalue weighted by molar-refractivity contribution is 8.00. The van der Waals surface area contributed by atoms with Crippen LogP contribution in [0.25, 0.3) is 0 Å². The van der Waals surface area contributed by atoms with Gasteiger partial charge in [0.1, 0.15) is 5.25 Å². The van der Waals surface area contributed by atoms with Gasteiger partial charge in [-0.25, -0.2) is 8.42 Å². The van der Waals surface area contributed by atoms with Gasteiger partial charge in [-0.3, -0.25) is 10.1 Å². The van der Waals surface area contributed by atoms with Crippen LogP contribution in [0.1, 0.15) is 6.42 Å². The number of benzene rings is 2. The average Bonchev–Trinajstić information content (AvgIpc) is 3.21. The Hall–Kier alpha value is -1.57. The number of fused-ring (bicyclic) bond motifs is 2. The van der Waals surface area contributed by atoms with Gasteiger partial charge in [-0.05, 0) is 30.7 Å². The maximum atomic E-state index is 13.2. The summed E-state index contributed by atoms with van der Waals surface area (Å²) in [7, 11) is -3.83. The van der Waals surface area contributed by atoms with Crippen LogP contribution in [-0.4, -0.2) is 35.3 Å². The number of sulfone groups is 1. The molecule has 0 unspecified atom stereocenters. The van der Waals surface area contributed by atoms with E-state index in [0.29, 0.717) is 6.42 Å². The van der Waals surface area contributed by atoms with E-state index in [1.54, 1.807) is 18.2 Å². The summed E-state index contributed by atoms with van der Waals surface area (Å²) in [5.74, 6) is -0.778. The summed E-state index contributed by atoms with van der Waals surface area (Å²) in [6, 6.07) is 16.5. The molecule has 0 aliphatic heterocycles. The van der Waals surface area contributed by atoms with E-state index in [9.17, 15) is 18.5 Å². The summed E-state index contributed by atoms with van der Waals surface area (Å²) >= 11 is 8.20. The van der Waals surface area contributed by atoms with Gasteiger partial charge in [0, 0.05) is 26.9 Å². The predicted octanol–water partition coefficient (Wildman–Crippen LogP) is 3.89. The highest BCUT2D eigenvalue weighted by atomic mass is 35.5. The summed E-state index contributed by atoms with van der Waals surface area (Å²) in [4.78, 5) is 12.6. The highest BCUT2D eigenvalue weighted by Crippen LogP contribution is 2.56. The first-order chi connectivity index (χ1) is 12.9. The minimum atomic E-state index is -3.83. The summed E-state index contributed by atoms with van der Waals surface area (Å²) < 4.78 is 26.4. The first-order valence-corrected chi connectivity index (χ1v) is 11.6. The SMILES string of the molecule is O=[N+]([O-])[C@@H]1[C@H]2C[C@H]([C@@H](Cl)[C@@H]2Sc2ccccc2)[C@H]1S(=O)(=O)c1ccccc1. The van der Waals surface area contributed by atoms with E-state index in [1.807, 2.05) is 30.3 Å². The van der Waals surface area contributed by atoms with Crippen molar-refractivity contribution < 1.29 is 13.3 Å². The Kier molecular flexibility index (Phi) is 4.94. The molecule has 2 aromatic rings. The van der Waals surface area contributed by atoms with E-state index < -0.39 is 37.3 Å². The molecule has 0 heterocycles. The molecule has 6 atom stereocenters. The summed E-state index contributed by atoms with van der Waals surface area (Å²) in [6.07, 6.45) is 0.473. The van der Waals surface area contributed by atoms with Crippen LogP contribution < -0.4 is 0 Å². The van der Waals surface area contributed by atoms with Crippen LogP contribution in [0.3, 0.4) is 0 Å². The van der Waals surface area contributed by atoms with E-state index in [4.69, 9.17) is 11.6 Å². The Labute approximate surface area is 167 Å². The van der Waals surface area contributed by atoms with Crippen LogP contribution in [0.15, 0.2) is 70.5 Å². The highest BCUT2D eigenvalue weighted by Gasteiger charge is 2.67. The van der Waals surface area contributed by atoms with Crippen LogP contribution in [-0.2, 0) is 9.84 Å². The van der Waals surface area contributed by atoms with Crippen molar-refractivity contribution in [3.63, 3.8) is 0 Å². The van der Waals surface area contributed by atoms with Crippen LogP contribution in [0.5, 0.6) is 0 Å². The number of hydrogen-bond donors (Lipinski definition) is 0. The lowest BCUT2D eigenvalue weighted by Crippen LogP contribution is -2.51. The van der Waals surface area contributed by atoms with E-state index in [2.05, 4.69) is 0 Å². The van der Waals surface area contributed by atoms with Crippen molar-refractivity contribution in [2.45, 2.75) is 38.1 Å². The number of rotatable bonds is 5. The van der Waals surface area contributed by atoms with E-state index >= 15 is 0 Å². The van der Waals surface area contributed by atoms with Gasteiger partial charge in [0.05, 0.1) is 10.3 Å². The second-order valence-electron chi connectivity index (χ2n) is 7.00. The van der Waals surface area contributed by atoms with Gasteiger partial charge in [0.25, 0.3) is 0 Å². The maximum absolute atomic E-state index is 13.2. The molecule has 2 aromatic carbocycles. The summed E-state index contributed by atoms with van der Waals surface area (Å²) in [5, 5.41) is 10.2. The number of halogens is 1. The molecule has 2 saturated carbocycles. The second kappa shape index (κ2) is 7.11. The lowest BCUT2D eigenvalue weighted by atomic mass is 9.94. The van der Waals surface area contributed by atoms with Gasteiger partial charge in [0.2, 0.25) is 6.04 Å². The minimum Gasteiger partial charge on any atom is -0.264 e. The standard InChI is InChI=1S/C19H18ClNO4S2/c20-16-14-11-15(18(16)26-12-7-3-1-4-8-12)17(21(22)23)19(14)27(24,25)13-9-5-2-6-10-13/h1-10,14-19H,11H2/t14-,15-,16-,17-,18-,19-/m1/s1. The molecule has 0 radical (unpaired) electrons. The summed E-state index contributed by atoms with van der Waals surface area (Å²) in [6.45, 7) is 0. The van der Waals surface area contributed by atoms with Gasteiger partial charge < -0.3 is 0 Å². The van der Waals surface area contributed by atoms with E-state index in [0.717, 1.165) is 4.90 Å². The van der Waals surface area contributed by atoms with Crippen molar-refractivity contribution in [2.75, 3.05) is 0 Å². The second-order valence-corrected chi connectivity index (χ2v) is 10.9. The van der Waals surface area contributed by atoms with Crippen LogP contribution in [0.4, 0.5) is 0 Å². The number of hydrogen-bond acceptors (Lipinski definition) is 5. The Morgan fingerprint density at radius 2 is 1.59 bits per heavy atom. The molecule has 4 rings (SSSR count). The fourth-order valence-electron chi connectivity index (χ4n) is 4.47. The van der Waals surface area contributed by atoms with Crippen LogP contribution >= 0.6 is 23.4 Å². The van der Waals surface area contributed by atoms with Crippen LogP contribution in [0.2, 0.25) is 0 Å². The predicted molar refractivity (Wildman–Crippen MR) is 106 cm³/mol. The van der Waals surface area contributed by atoms with Crippen molar-refractivity contribution >= 4 is 33.2 Å². The molecule has 0 amide bonds. The zero-order valence-electron chi connectivity index (χ0n) is 14.2. The molecule has 0 N–H and O–H groups in total. The molecular weight excluding hydrogens is 406 g/mol. The first kappa shape index (κ1) is 18.8. The van der Waals surface area contributed by atoms with Gasteiger partial charge >= 0.3 is 0 Å². The number of thioether (sulfide) groups is 1. The molecule has 2 aliphatic rings. The summed E-state index contributed by atoms with van der Waals surface area (Å²) in [5.41, 5.74) is 0. The number of alkyl halides is 1.